The lowest BCUT2D eigenvalue weighted by Crippen LogP contribution is -2.17. The fourth-order valence-corrected chi connectivity index (χ4v) is 2.20. The number of pyridine rings is 1. The molecule has 0 aliphatic rings. The number of nitrogens with one attached hydrogen (secondary N) is 2. The van der Waals surface area contributed by atoms with Crippen molar-refractivity contribution in [3.63, 3.8) is 0 Å². The van der Waals surface area contributed by atoms with Crippen LogP contribution in [0, 0.1) is 6.92 Å². The van der Waals surface area contributed by atoms with Gasteiger partial charge in [-0.05, 0) is 50.2 Å². The van der Waals surface area contributed by atoms with Crippen LogP contribution in [-0.2, 0) is 6.42 Å². The standard InChI is InChI=1S/C16H18ClN3O/c1-11-9-14(15(17)19-10-11)20-16(21)13-6-4-3-5-12(13)7-8-18-2/h3-6,9-10,18H,7-8H2,1-2H3,(H,20,21). The summed E-state index contributed by atoms with van der Waals surface area (Å²) in [6, 6.07) is 9.38. The Bertz CT molecular complexity index is 643. The average Bonchev–Trinajstić information content (AvgIpc) is 2.49. The van der Waals surface area contributed by atoms with Crippen molar-refractivity contribution in [1.29, 1.82) is 0 Å². The minimum atomic E-state index is -0.170. The number of hydrogen-bond acceptors (Lipinski definition) is 3. The van der Waals surface area contributed by atoms with Crippen LogP contribution in [0.1, 0.15) is 21.5 Å². The van der Waals surface area contributed by atoms with Crippen LogP contribution in [0.2, 0.25) is 5.15 Å². The number of amides is 1. The van der Waals surface area contributed by atoms with Gasteiger partial charge in [0, 0.05) is 11.8 Å². The Kier molecular flexibility index (Phi) is 5.31. The van der Waals surface area contributed by atoms with E-state index in [9.17, 15) is 4.79 Å². The summed E-state index contributed by atoms with van der Waals surface area (Å²) < 4.78 is 0. The molecular weight excluding hydrogens is 286 g/mol. The summed E-state index contributed by atoms with van der Waals surface area (Å²) in [5.74, 6) is -0.170. The molecule has 0 spiro atoms. The van der Waals surface area contributed by atoms with Gasteiger partial charge in [-0.3, -0.25) is 4.79 Å². The first-order chi connectivity index (χ1) is 10.1. The number of hydrogen-bond donors (Lipinski definition) is 2. The highest BCUT2D eigenvalue weighted by molar-refractivity contribution is 6.32. The van der Waals surface area contributed by atoms with E-state index in [1.807, 2.05) is 44.3 Å². The van der Waals surface area contributed by atoms with Gasteiger partial charge >= 0.3 is 0 Å². The van der Waals surface area contributed by atoms with E-state index in [0.29, 0.717) is 16.4 Å². The van der Waals surface area contributed by atoms with Gasteiger partial charge in [0.25, 0.3) is 5.91 Å². The van der Waals surface area contributed by atoms with Crippen LogP contribution in [0.4, 0.5) is 5.69 Å². The summed E-state index contributed by atoms with van der Waals surface area (Å²) >= 11 is 6.02. The lowest BCUT2D eigenvalue weighted by Gasteiger charge is -2.11. The van der Waals surface area contributed by atoms with Crippen LogP contribution in [0.15, 0.2) is 36.5 Å². The number of anilines is 1. The zero-order valence-electron chi connectivity index (χ0n) is 12.1. The number of benzene rings is 1. The molecule has 0 saturated carbocycles. The Morgan fingerprint density at radius 3 is 2.86 bits per heavy atom. The molecule has 0 radical (unpaired) electrons. The van der Waals surface area contributed by atoms with E-state index in [0.717, 1.165) is 24.1 Å². The third-order valence-corrected chi connectivity index (χ3v) is 3.43. The van der Waals surface area contributed by atoms with Gasteiger partial charge in [-0.15, -0.1) is 0 Å². The number of carbonyl (C=O) groups is 1. The predicted octanol–water partition coefficient (Wildman–Crippen LogP) is 3.06. The zero-order chi connectivity index (χ0) is 15.2. The Morgan fingerprint density at radius 1 is 1.33 bits per heavy atom. The second kappa shape index (κ2) is 7.20. The second-order valence-electron chi connectivity index (χ2n) is 4.82. The molecule has 110 valence electrons. The maximum Gasteiger partial charge on any atom is 0.256 e. The first-order valence-electron chi connectivity index (χ1n) is 6.78. The molecule has 0 saturated heterocycles. The van der Waals surface area contributed by atoms with Crippen molar-refractivity contribution in [1.82, 2.24) is 10.3 Å². The van der Waals surface area contributed by atoms with Crippen LogP contribution in [-0.4, -0.2) is 24.5 Å². The first-order valence-corrected chi connectivity index (χ1v) is 7.15. The Labute approximate surface area is 129 Å². The number of aryl methyl sites for hydroxylation is 1. The lowest BCUT2D eigenvalue weighted by molar-refractivity contribution is 0.102. The predicted molar refractivity (Wildman–Crippen MR) is 86.0 cm³/mol. The topological polar surface area (TPSA) is 54.0 Å². The number of aromatic nitrogens is 1. The van der Waals surface area contributed by atoms with Crippen LogP contribution >= 0.6 is 11.6 Å². The number of nitrogens with zero attached hydrogens (tertiary/aromatic N) is 1. The average molecular weight is 304 g/mol. The molecule has 0 bridgehead atoms. The van der Waals surface area contributed by atoms with Gasteiger partial charge in [0.2, 0.25) is 0 Å². The highest BCUT2D eigenvalue weighted by Crippen LogP contribution is 2.21. The zero-order valence-corrected chi connectivity index (χ0v) is 12.9. The Morgan fingerprint density at radius 2 is 2.10 bits per heavy atom. The molecule has 5 heteroatoms. The van der Waals surface area contributed by atoms with Gasteiger partial charge in [-0.25, -0.2) is 4.98 Å². The van der Waals surface area contributed by atoms with Gasteiger partial charge in [0.1, 0.15) is 0 Å². The molecule has 0 fully saturated rings. The van der Waals surface area contributed by atoms with Crippen LogP contribution in [0.25, 0.3) is 0 Å². The van der Waals surface area contributed by atoms with Gasteiger partial charge < -0.3 is 10.6 Å². The largest absolute Gasteiger partial charge is 0.319 e. The Balaban J connectivity index is 2.22. The molecular formula is C16H18ClN3O. The molecule has 1 aromatic heterocycles. The van der Waals surface area contributed by atoms with E-state index in [-0.39, 0.29) is 5.91 Å². The van der Waals surface area contributed by atoms with Crippen LogP contribution < -0.4 is 10.6 Å². The van der Waals surface area contributed by atoms with Gasteiger partial charge in [0.05, 0.1) is 5.69 Å². The van der Waals surface area contributed by atoms with Gasteiger partial charge in [-0.2, -0.15) is 0 Å². The molecule has 21 heavy (non-hydrogen) atoms. The number of halogens is 1. The summed E-state index contributed by atoms with van der Waals surface area (Å²) in [5, 5.41) is 6.21. The SMILES string of the molecule is CNCCc1ccccc1C(=O)Nc1cc(C)cnc1Cl. The van der Waals surface area contributed by atoms with E-state index in [1.54, 1.807) is 6.20 Å². The minimum Gasteiger partial charge on any atom is -0.319 e. The van der Waals surface area contributed by atoms with Crippen molar-refractivity contribution in [2.45, 2.75) is 13.3 Å². The fourth-order valence-electron chi connectivity index (χ4n) is 2.05. The maximum absolute atomic E-state index is 12.4. The molecule has 0 aliphatic heterocycles. The van der Waals surface area contributed by atoms with Gasteiger partial charge in [0.15, 0.2) is 5.15 Å². The lowest BCUT2D eigenvalue weighted by atomic mass is 10.0. The van der Waals surface area contributed by atoms with Crippen molar-refractivity contribution in [3.05, 3.63) is 58.4 Å². The van der Waals surface area contributed by atoms with Crippen molar-refractivity contribution in [3.8, 4) is 0 Å². The van der Waals surface area contributed by atoms with Crippen LogP contribution in [0.5, 0.6) is 0 Å². The van der Waals surface area contributed by atoms with E-state index in [4.69, 9.17) is 11.6 Å². The molecule has 2 N–H and O–H groups in total. The summed E-state index contributed by atoms with van der Waals surface area (Å²) in [4.78, 5) is 16.5. The summed E-state index contributed by atoms with van der Waals surface area (Å²) in [6.45, 7) is 2.72. The summed E-state index contributed by atoms with van der Waals surface area (Å²) in [5.41, 5.74) is 3.13. The highest BCUT2D eigenvalue weighted by atomic mass is 35.5. The van der Waals surface area contributed by atoms with E-state index >= 15 is 0 Å². The van der Waals surface area contributed by atoms with E-state index < -0.39 is 0 Å². The molecule has 0 atom stereocenters. The van der Waals surface area contributed by atoms with Gasteiger partial charge in [-0.1, -0.05) is 29.8 Å². The maximum atomic E-state index is 12.4. The molecule has 0 unspecified atom stereocenters. The fraction of sp³-hybridized carbons (Fsp3) is 0.250. The van der Waals surface area contributed by atoms with E-state index in [2.05, 4.69) is 15.6 Å². The quantitative estimate of drug-likeness (QED) is 0.835. The third kappa shape index (κ3) is 4.03. The molecule has 4 nitrogen and oxygen atoms in total. The number of carbonyl (C=O) groups excluding carboxylic acids is 1. The molecule has 1 heterocycles. The smallest absolute Gasteiger partial charge is 0.256 e. The van der Waals surface area contributed by atoms with Crippen molar-refractivity contribution in [2.24, 2.45) is 0 Å². The number of rotatable bonds is 5. The van der Waals surface area contributed by atoms with Crippen molar-refractivity contribution >= 4 is 23.2 Å². The molecule has 1 aromatic carbocycles. The van der Waals surface area contributed by atoms with Crippen LogP contribution in [0.3, 0.4) is 0 Å². The second-order valence-corrected chi connectivity index (χ2v) is 5.17. The third-order valence-electron chi connectivity index (χ3n) is 3.13. The van der Waals surface area contributed by atoms with Crippen molar-refractivity contribution < 1.29 is 4.79 Å². The van der Waals surface area contributed by atoms with E-state index in [1.165, 1.54) is 0 Å². The molecule has 2 aromatic rings. The highest BCUT2D eigenvalue weighted by Gasteiger charge is 2.12. The van der Waals surface area contributed by atoms with Crippen molar-refractivity contribution in [2.75, 3.05) is 18.9 Å². The first kappa shape index (κ1) is 15.5. The Hall–Kier alpha value is -1.91. The minimum absolute atomic E-state index is 0.170. The summed E-state index contributed by atoms with van der Waals surface area (Å²) in [7, 11) is 1.89. The molecule has 2 rings (SSSR count). The normalized spacial score (nSPS) is 10.4. The number of likely N-dealkylation sites (N-methyl/N-ethyl adjacent to an activating group) is 1. The molecule has 0 aliphatic carbocycles. The monoisotopic (exact) mass is 303 g/mol. The summed E-state index contributed by atoms with van der Waals surface area (Å²) in [6.07, 6.45) is 2.46. The molecule has 1 amide bonds.